The summed E-state index contributed by atoms with van der Waals surface area (Å²) in [4.78, 5) is 19.4. The molecular weight excluding hydrogens is 434 g/mol. The highest BCUT2D eigenvalue weighted by molar-refractivity contribution is 7.13. The maximum atomic E-state index is 12.4. The lowest BCUT2D eigenvalue weighted by atomic mass is 10.00. The minimum Gasteiger partial charge on any atom is -0.493 e. The van der Waals surface area contributed by atoms with Crippen LogP contribution in [0.4, 0.5) is 5.13 Å². The van der Waals surface area contributed by atoms with Crippen molar-refractivity contribution in [1.82, 2.24) is 9.88 Å². The van der Waals surface area contributed by atoms with Crippen molar-refractivity contribution in [3.8, 4) is 11.5 Å². The standard InChI is InChI=1S/C23H25N3O3S.ClH/c1-28-20-8-7-16(11-21(20)29-2)12-22(27)25-23-24-19(15-30-23)14-26-10-9-17-5-3-4-6-18(17)13-26;/h3-8,11,15H,9-10,12-14H2,1-2H3,(H,24,25,27);1H. The average Bonchev–Trinajstić information content (AvgIpc) is 3.19. The zero-order chi connectivity index (χ0) is 20.9. The van der Waals surface area contributed by atoms with Crippen LogP contribution in [-0.2, 0) is 30.7 Å². The highest BCUT2D eigenvalue weighted by Gasteiger charge is 2.17. The Kier molecular flexibility index (Phi) is 7.90. The van der Waals surface area contributed by atoms with E-state index in [1.807, 2.05) is 17.5 Å². The molecule has 0 radical (unpaired) electrons. The number of rotatable bonds is 7. The van der Waals surface area contributed by atoms with E-state index in [2.05, 4.69) is 39.5 Å². The second-order valence-corrected chi connectivity index (χ2v) is 8.15. The fourth-order valence-corrected chi connectivity index (χ4v) is 4.41. The second-order valence-electron chi connectivity index (χ2n) is 7.29. The smallest absolute Gasteiger partial charge is 0.230 e. The number of methoxy groups -OCH3 is 2. The molecule has 0 atom stereocenters. The molecule has 0 fully saturated rings. The lowest BCUT2D eigenvalue weighted by Gasteiger charge is -2.27. The van der Waals surface area contributed by atoms with Crippen molar-refractivity contribution in [2.24, 2.45) is 0 Å². The van der Waals surface area contributed by atoms with Crippen LogP contribution in [-0.4, -0.2) is 36.6 Å². The Balaban J connectivity index is 0.00000272. The van der Waals surface area contributed by atoms with E-state index in [9.17, 15) is 4.79 Å². The van der Waals surface area contributed by atoms with Gasteiger partial charge in [-0.1, -0.05) is 30.3 Å². The van der Waals surface area contributed by atoms with Gasteiger partial charge in [0.25, 0.3) is 0 Å². The molecule has 164 valence electrons. The quantitative estimate of drug-likeness (QED) is 0.570. The zero-order valence-corrected chi connectivity index (χ0v) is 19.2. The SMILES string of the molecule is COc1ccc(CC(=O)Nc2nc(CN3CCc4ccccc4C3)cs2)cc1OC.Cl. The molecule has 31 heavy (non-hydrogen) atoms. The largest absolute Gasteiger partial charge is 0.493 e. The number of benzene rings is 2. The first kappa shape index (κ1) is 23.1. The number of aromatic nitrogens is 1. The third kappa shape index (κ3) is 5.76. The fourth-order valence-electron chi connectivity index (χ4n) is 3.69. The number of thiazole rings is 1. The van der Waals surface area contributed by atoms with Gasteiger partial charge in [0.15, 0.2) is 16.6 Å². The van der Waals surface area contributed by atoms with E-state index in [4.69, 9.17) is 9.47 Å². The van der Waals surface area contributed by atoms with E-state index in [1.54, 1.807) is 20.3 Å². The highest BCUT2D eigenvalue weighted by atomic mass is 35.5. The number of hydrogen-bond acceptors (Lipinski definition) is 6. The van der Waals surface area contributed by atoms with Crippen molar-refractivity contribution in [1.29, 1.82) is 0 Å². The van der Waals surface area contributed by atoms with Crippen molar-refractivity contribution < 1.29 is 14.3 Å². The molecule has 8 heteroatoms. The Hall–Kier alpha value is -2.61. The van der Waals surface area contributed by atoms with Gasteiger partial charge in [0.1, 0.15) is 0 Å². The molecule has 0 saturated heterocycles. The average molecular weight is 460 g/mol. The molecule has 2 aromatic carbocycles. The van der Waals surface area contributed by atoms with E-state index in [0.717, 1.165) is 37.3 Å². The Morgan fingerprint density at radius 2 is 1.90 bits per heavy atom. The van der Waals surface area contributed by atoms with Crippen LogP contribution >= 0.6 is 23.7 Å². The number of amides is 1. The van der Waals surface area contributed by atoms with Gasteiger partial charge < -0.3 is 14.8 Å². The second kappa shape index (κ2) is 10.6. The molecule has 1 N–H and O–H groups in total. The Bertz CT molecular complexity index is 1040. The summed E-state index contributed by atoms with van der Waals surface area (Å²) in [6, 6.07) is 14.1. The lowest BCUT2D eigenvalue weighted by Crippen LogP contribution is -2.30. The van der Waals surface area contributed by atoms with Gasteiger partial charge in [-0.05, 0) is 35.2 Å². The van der Waals surface area contributed by atoms with Crippen LogP contribution in [0, 0.1) is 0 Å². The van der Waals surface area contributed by atoms with E-state index >= 15 is 0 Å². The Morgan fingerprint density at radius 3 is 2.68 bits per heavy atom. The molecule has 1 amide bonds. The molecule has 0 aliphatic carbocycles. The number of carbonyl (C=O) groups is 1. The van der Waals surface area contributed by atoms with Gasteiger partial charge in [-0.3, -0.25) is 9.69 Å². The summed E-state index contributed by atoms with van der Waals surface area (Å²) in [5, 5.41) is 5.56. The maximum absolute atomic E-state index is 12.4. The fraction of sp³-hybridized carbons (Fsp3) is 0.304. The summed E-state index contributed by atoms with van der Waals surface area (Å²) in [6.07, 6.45) is 1.31. The summed E-state index contributed by atoms with van der Waals surface area (Å²) in [6.45, 7) is 2.75. The minimum atomic E-state index is -0.102. The van der Waals surface area contributed by atoms with E-state index in [-0.39, 0.29) is 24.7 Å². The summed E-state index contributed by atoms with van der Waals surface area (Å²) in [5.74, 6) is 1.16. The molecule has 0 saturated carbocycles. The first-order chi connectivity index (χ1) is 14.6. The molecule has 0 spiro atoms. The van der Waals surface area contributed by atoms with Crippen LogP contribution in [0.3, 0.4) is 0 Å². The monoisotopic (exact) mass is 459 g/mol. The molecule has 6 nitrogen and oxygen atoms in total. The number of hydrogen-bond donors (Lipinski definition) is 1. The number of halogens is 1. The van der Waals surface area contributed by atoms with Crippen molar-refractivity contribution in [2.45, 2.75) is 25.9 Å². The van der Waals surface area contributed by atoms with Crippen molar-refractivity contribution in [2.75, 3.05) is 26.1 Å². The topological polar surface area (TPSA) is 63.7 Å². The number of nitrogens with zero attached hydrogens (tertiary/aromatic N) is 2. The van der Waals surface area contributed by atoms with Crippen LogP contribution in [0.2, 0.25) is 0 Å². The molecule has 1 aliphatic rings. The summed E-state index contributed by atoms with van der Waals surface area (Å²) < 4.78 is 10.5. The van der Waals surface area contributed by atoms with Crippen LogP contribution in [0.15, 0.2) is 47.8 Å². The van der Waals surface area contributed by atoms with Crippen LogP contribution in [0.1, 0.15) is 22.4 Å². The van der Waals surface area contributed by atoms with E-state index in [1.165, 1.54) is 22.5 Å². The third-order valence-electron chi connectivity index (χ3n) is 5.21. The van der Waals surface area contributed by atoms with Gasteiger partial charge in [-0.25, -0.2) is 4.98 Å². The number of anilines is 1. The van der Waals surface area contributed by atoms with Crippen molar-refractivity contribution in [3.63, 3.8) is 0 Å². The van der Waals surface area contributed by atoms with E-state index < -0.39 is 0 Å². The molecule has 4 rings (SSSR count). The van der Waals surface area contributed by atoms with Crippen LogP contribution < -0.4 is 14.8 Å². The molecule has 0 unspecified atom stereocenters. The minimum absolute atomic E-state index is 0. The predicted molar refractivity (Wildman–Crippen MR) is 126 cm³/mol. The van der Waals surface area contributed by atoms with Gasteiger partial charge in [-0.2, -0.15) is 0 Å². The normalized spacial score (nSPS) is 13.1. The lowest BCUT2D eigenvalue weighted by molar-refractivity contribution is -0.115. The van der Waals surface area contributed by atoms with Crippen LogP contribution in [0.5, 0.6) is 11.5 Å². The first-order valence-electron chi connectivity index (χ1n) is 9.89. The Morgan fingerprint density at radius 1 is 1.13 bits per heavy atom. The van der Waals surface area contributed by atoms with Crippen molar-refractivity contribution in [3.05, 3.63) is 70.2 Å². The molecule has 0 bridgehead atoms. The molecule has 2 heterocycles. The van der Waals surface area contributed by atoms with Crippen LogP contribution in [0.25, 0.3) is 0 Å². The highest BCUT2D eigenvalue weighted by Crippen LogP contribution is 2.28. The number of carbonyl (C=O) groups excluding carboxylic acids is 1. The number of nitrogens with one attached hydrogen (secondary N) is 1. The van der Waals surface area contributed by atoms with Gasteiger partial charge >= 0.3 is 0 Å². The van der Waals surface area contributed by atoms with E-state index in [0.29, 0.717) is 16.6 Å². The number of ether oxygens (including phenoxy) is 2. The Labute approximate surface area is 192 Å². The summed E-state index contributed by atoms with van der Waals surface area (Å²) >= 11 is 1.46. The summed E-state index contributed by atoms with van der Waals surface area (Å²) in [5.41, 5.74) is 4.67. The molecular formula is C23H26ClN3O3S. The van der Waals surface area contributed by atoms with Gasteiger partial charge in [-0.15, -0.1) is 23.7 Å². The molecule has 1 aromatic heterocycles. The predicted octanol–water partition coefficient (Wildman–Crippen LogP) is 4.32. The summed E-state index contributed by atoms with van der Waals surface area (Å²) in [7, 11) is 3.17. The number of fused-ring (bicyclic) bond motifs is 1. The van der Waals surface area contributed by atoms with Gasteiger partial charge in [0.05, 0.1) is 26.3 Å². The van der Waals surface area contributed by atoms with Crippen molar-refractivity contribution >= 4 is 34.8 Å². The third-order valence-corrected chi connectivity index (χ3v) is 6.01. The maximum Gasteiger partial charge on any atom is 0.230 e. The first-order valence-corrected chi connectivity index (χ1v) is 10.8. The van der Waals surface area contributed by atoms with Gasteiger partial charge in [0, 0.05) is 25.0 Å². The zero-order valence-electron chi connectivity index (χ0n) is 17.6. The van der Waals surface area contributed by atoms with Gasteiger partial charge in [0.2, 0.25) is 5.91 Å². The molecule has 3 aromatic rings. The molecule has 1 aliphatic heterocycles.